The number of hydrogen-bond acceptors (Lipinski definition) is 17. The normalized spacial score (nSPS) is 30.2. The van der Waals surface area contributed by atoms with Gasteiger partial charge in [-0.2, -0.15) is 0 Å². The minimum atomic E-state index is -2.51. The summed E-state index contributed by atoms with van der Waals surface area (Å²) in [5.41, 5.74) is -9.13. The van der Waals surface area contributed by atoms with Crippen LogP contribution in [0.4, 0.5) is 9.59 Å². The molecule has 3 fully saturated rings. The average Bonchev–Trinajstić information content (AvgIpc) is 3.24. The Balaban J connectivity index is 1.57. The summed E-state index contributed by atoms with van der Waals surface area (Å²) >= 11 is 17.5. The fraction of sp³-hybridized carbons (Fsp3) is 0.562. The van der Waals surface area contributed by atoms with Crippen molar-refractivity contribution in [3.63, 3.8) is 0 Å². The Morgan fingerprint density at radius 2 is 1.51 bits per heavy atom. The van der Waals surface area contributed by atoms with E-state index in [1.54, 1.807) is 57.2 Å². The molecule has 21 heteroatoms. The number of esters is 4. The maximum atomic E-state index is 15.6. The number of carbonyl (C=O) groups excluding carboxylic acids is 7. The Hall–Kier alpha value is -4.98. The molecule has 0 aromatic heterocycles. The van der Waals surface area contributed by atoms with Crippen LogP contribution >= 0.6 is 34.8 Å². The van der Waals surface area contributed by atoms with Crippen LogP contribution in [0, 0.1) is 16.7 Å². The number of aliphatic hydroxyl groups excluding tert-OH is 1. The van der Waals surface area contributed by atoms with E-state index in [1.807, 2.05) is 0 Å². The van der Waals surface area contributed by atoms with Crippen LogP contribution < -0.4 is 5.32 Å². The van der Waals surface area contributed by atoms with Crippen molar-refractivity contribution < 1.29 is 81.7 Å². The lowest BCUT2D eigenvalue weighted by molar-refractivity contribution is -0.346. The van der Waals surface area contributed by atoms with Gasteiger partial charge in [0, 0.05) is 32.1 Å². The van der Waals surface area contributed by atoms with E-state index in [0.717, 1.165) is 13.8 Å². The summed E-state index contributed by atoms with van der Waals surface area (Å²) in [5.74, 6) is -6.71. The Labute approximate surface area is 413 Å². The van der Waals surface area contributed by atoms with Gasteiger partial charge in [0.25, 0.3) is 0 Å². The first-order valence-electron chi connectivity index (χ1n) is 22.0. The summed E-state index contributed by atoms with van der Waals surface area (Å²) < 4.78 is 44.5. The summed E-state index contributed by atoms with van der Waals surface area (Å²) in [6.45, 7) is 11.6. The second-order valence-electron chi connectivity index (χ2n) is 19.4. The number of ether oxygens (including phenoxy) is 8. The van der Waals surface area contributed by atoms with Gasteiger partial charge in [-0.05, 0) is 63.5 Å². The fourth-order valence-electron chi connectivity index (χ4n) is 10.2. The molecule has 69 heavy (non-hydrogen) atoms. The van der Waals surface area contributed by atoms with Gasteiger partial charge < -0.3 is 53.4 Å². The van der Waals surface area contributed by atoms with Gasteiger partial charge >= 0.3 is 36.1 Å². The molecule has 2 aromatic carbocycles. The molecule has 4 unspecified atom stereocenters. The number of fused-ring (bicyclic) bond motifs is 5. The lowest BCUT2D eigenvalue weighted by Gasteiger charge is -2.67. The zero-order valence-corrected chi connectivity index (χ0v) is 41.6. The third kappa shape index (κ3) is 10.6. The van der Waals surface area contributed by atoms with Crippen LogP contribution in [0.5, 0.6) is 0 Å². The molecule has 2 aromatic rings. The van der Waals surface area contributed by atoms with Gasteiger partial charge in [0.15, 0.2) is 17.5 Å². The topological polar surface area (TPSA) is 246 Å². The van der Waals surface area contributed by atoms with Crippen molar-refractivity contribution in [2.24, 2.45) is 16.7 Å². The third-order valence-electron chi connectivity index (χ3n) is 13.4. The molecule has 2 bridgehead atoms. The van der Waals surface area contributed by atoms with Gasteiger partial charge in [-0.25, -0.2) is 19.2 Å². The third-order valence-corrected chi connectivity index (χ3v) is 13.7. The Bertz CT molecular complexity index is 2370. The first-order valence-corrected chi connectivity index (χ1v) is 23.2. The summed E-state index contributed by atoms with van der Waals surface area (Å²) in [5, 5.41) is 28.6. The summed E-state index contributed by atoms with van der Waals surface area (Å²) in [7, 11) is 0. The SMILES string of the molecule is CC(=O)O[C@H]1C(=O)[C@@]2(C)C([C@H](OC(=O)c3ccccc3)[C@]3(O)CC(OC(=O)C(OC(=O)OCC(Cl)(Cl)Cl)[C@@H](NC(=O)OC(C)(C)C)c4ccccc4)C(C)=C1C3(C)C)[C@]1(OC(C)=O)COC1C[C@@H]2O. The molecular weight excluding hydrogens is 969 g/mol. The second kappa shape index (κ2) is 19.7. The van der Waals surface area contributed by atoms with Crippen molar-refractivity contribution in [1.82, 2.24) is 5.32 Å². The van der Waals surface area contributed by atoms with Crippen molar-refractivity contribution in [2.75, 3.05) is 13.2 Å². The van der Waals surface area contributed by atoms with Crippen LogP contribution in [0.1, 0.15) is 97.1 Å². The molecular formula is C48H56Cl3NO17. The lowest BCUT2D eigenvalue weighted by atomic mass is 9.44. The molecule has 1 amide bonds. The zero-order chi connectivity index (χ0) is 51.2. The smallest absolute Gasteiger partial charge is 0.455 e. The van der Waals surface area contributed by atoms with Crippen LogP contribution in [-0.4, -0.2) is 123 Å². The number of halogens is 3. The van der Waals surface area contributed by atoms with Gasteiger partial charge in [-0.3, -0.25) is 14.4 Å². The number of Topliss-reactive ketones (excluding diaryl/α,β-unsaturated/α-hetero) is 1. The first-order chi connectivity index (χ1) is 32.0. The monoisotopic (exact) mass is 1020 g/mol. The highest BCUT2D eigenvalue weighted by molar-refractivity contribution is 6.67. The Morgan fingerprint density at radius 3 is 2.04 bits per heavy atom. The largest absolute Gasteiger partial charge is 0.509 e. The molecule has 18 nitrogen and oxygen atoms in total. The Morgan fingerprint density at radius 1 is 0.899 bits per heavy atom. The van der Waals surface area contributed by atoms with Crippen molar-refractivity contribution in [1.29, 1.82) is 0 Å². The Kier molecular flexibility index (Phi) is 15.2. The van der Waals surface area contributed by atoms with Crippen LogP contribution in [0.15, 0.2) is 71.8 Å². The van der Waals surface area contributed by atoms with Gasteiger partial charge in [-0.1, -0.05) is 97.2 Å². The molecule has 1 heterocycles. The lowest BCUT2D eigenvalue weighted by Crippen LogP contribution is -2.82. The molecule has 0 radical (unpaired) electrons. The molecule has 1 aliphatic heterocycles. The first kappa shape index (κ1) is 53.4. The molecule has 6 rings (SSSR count). The fourth-order valence-corrected chi connectivity index (χ4v) is 10.3. The van der Waals surface area contributed by atoms with Crippen LogP contribution in [0.2, 0.25) is 0 Å². The molecule has 376 valence electrons. The summed E-state index contributed by atoms with van der Waals surface area (Å²) in [4.78, 5) is 98.1. The minimum absolute atomic E-state index is 0.0166. The van der Waals surface area contributed by atoms with E-state index in [1.165, 1.54) is 52.0 Å². The quantitative estimate of drug-likeness (QED) is 0.0959. The van der Waals surface area contributed by atoms with E-state index < -0.39 is 135 Å². The van der Waals surface area contributed by atoms with E-state index in [9.17, 15) is 34.2 Å². The highest BCUT2D eigenvalue weighted by atomic mass is 35.6. The zero-order valence-electron chi connectivity index (χ0n) is 39.4. The standard InChI is InChI=1S/C48H56Cl3NO17/c1-24-29(65-40(58)35(66-42(60)63-23-48(49,50)51)33(27-16-12-10-13-17-27)52-41(59)69-43(4,5)6)21-47(61)38(67-39(57)28-18-14-11-15-19-28)36-45(9,30(55)20-31-46(36,22-62-31)68-26(3)54)37(56)34(64-25(2)53)32(24)44(47,7)8/h10-19,29-31,33-36,38,55,61H,20-23H2,1-9H3,(H,52,59)/t29?,30-,31?,33-,34+,35?,36?,38-,45+,46-,47+/m0/s1. The summed E-state index contributed by atoms with van der Waals surface area (Å²) in [6, 6.07) is 13.9. The van der Waals surface area contributed by atoms with E-state index in [0.29, 0.717) is 0 Å². The molecule has 11 atom stereocenters. The average molecular weight is 1030 g/mol. The predicted octanol–water partition coefficient (Wildman–Crippen LogP) is 6.36. The number of alkyl carbamates (subject to hydrolysis) is 1. The van der Waals surface area contributed by atoms with Crippen LogP contribution in [0.3, 0.4) is 0 Å². The van der Waals surface area contributed by atoms with Crippen molar-refractivity contribution in [2.45, 2.75) is 138 Å². The second-order valence-corrected chi connectivity index (χ2v) is 21.9. The number of nitrogens with one attached hydrogen (secondary N) is 1. The number of rotatable bonds is 11. The molecule has 3 N–H and O–H groups in total. The van der Waals surface area contributed by atoms with Gasteiger partial charge in [0.05, 0.1) is 29.6 Å². The van der Waals surface area contributed by atoms with E-state index >= 15 is 9.59 Å². The molecule has 0 spiro atoms. The molecule has 1 saturated heterocycles. The minimum Gasteiger partial charge on any atom is -0.455 e. The number of hydrogen-bond donors (Lipinski definition) is 3. The summed E-state index contributed by atoms with van der Waals surface area (Å²) in [6.07, 6.45) is -13.9. The predicted molar refractivity (Wildman–Crippen MR) is 244 cm³/mol. The maximum Gasteiger partial charge on any atom is 0.509 e. The van der Waals surface area contributed by atoms with Gasteiger partial charge in [0.1, 0.15) is 42.2 Å². The number of ketones is 1. The van der Waals surface area contributed by atoms with Crippen LogP contribution in [0.25, 0.3) is 0 Å². The number of carbonyl (C=O) groups is 7. The van der Waals surface area contributed by atoms with E-state index in [-0.39, 0.29) is 35.3 Å². The van der Waals surface area contributed by atoms with Crippen LogP contribution in [-0.2, 0) is 57.1 Å². The van der Waals surface area contributed by atoms with E-state index in [2.05, 4.69) is 5.32 Å². The number of alkyl halides is 3. The van der Waals surface area contributed by atoms with Gasteiger partial charge in [0.2, 0.25) is 9.90 Å². The highest BCUT2D eigenvalue weighted by Gasteiger charge is 2.78. The number of amides is 1. The molecule has 3 aliphatic carbocycles. The highest BCUT2D eigenvalue weighted by Crippen LogP contribution is 2.64. The van der Waals surface area contributed by atoms with Crippen molar-refractivity contribution in [3.8, 4) is 0 Å². The maximum absolute atomic E-state index is 15.6. The molecule has 4 aliphatic rings. The molecule has 2 saturated carbocycles. The van der Waals surface area contributed by atoms with Gasteiger partial charge in [-0.15, -0.1) is 0 Å². The number of benzene rings is 2. The van der Waals surface area contributed by atoms with Crippen molar-refractivity contribution >= 4 is 76.7 Å². The van der Waals surface area contributed by atoms with Crippen molar-refractivity contribution in [3.05, 3.63) is 82.9 Å². The number of aliphatic hydroxyl groups is 2. The van der Waals surface area contributed by atoms with E-state index in [4.69, 9.17) is 72.7 Å².